The molecule has 194 valence electrons. The van der Waals surface area contributed by atoms with Crippen LogP contribution >= 0.6 is 11.6 Å². The normalized spacial score (nSPS) is 12.4. The number of carbonyl (C=O) groups excluding carboxylic acids is 2. The summed E-state index contributed by atoms with van der Waals surface area (Å²) in [7, 11) is -3.34. The number of halogens is 1. The van der Waals surface area contributed by atoms with E-state index < -0.39 is 21.8 Å². The first-order chi connectivity index (χ1) is 18.2. The largest absolute Gasteiger partial charge is 0.342 e. The van der Waals surface area contributed by atoms with Crippen molar-refractivity contribution in [3.8, 4) is 5.69 Å². The topological polar surface area (TPSA) is 124 Å². The van der Waals surface area contributed by atoms with Crippen LogP contribution in [0.1, 0.15) is 16.7 Å². The van der Waals surface area contributed by atoms with Crippen LogP contribution in [-0.4, -0.2) is 52.6 Å². The number of sulfone groups is 1. The molecule has 1 aromatic heterocycles. The molecule has 0 unspecified atom stereocenters. The first-order valence-electron chi connectivity index (χ1n) is 11.6. The summed E-state index contributed by atoms with van der Waals surface area (Å²) in [6.45, 7) is 0. The van der Waals surface area contributed by atoms with E-state index in [-0.39, 0.29) is 17.1 Å². The Morgan fingerprint density at radius 1 is 1.03 bits per heavy atom. The van der Waals surface area contributed by atoms with Gasteiger partial charge >= 0.3 is 0 Å². The second kappa shape index (κ2) is 11.9. The van der Waals surface area contributed by atoms with E-state index in [4.69, 9.17) is 11.6 Å². The average Bonchev–Trinajstić information content (AvgIpc) is 3.42. The average molecular weight is 550 g/mol. The Morgan fingerprint density at radius 2 is 1.76 bits per heavy atom. The number of benzene rings is 3. The number of Topliss-reactive ketones (excluding diaryl/α,β-unsaturated/α-hetero) is 1. The third-order valence-corrected chi connectivity index (χ3v) is 7.08. The number of carbonyl (C=O) groups is 2. The number of nitrogens with one attached hydrogen (secondary N) is 1. The molecule has 11 heteroatoms. The van der Waals surface area contributed by atoms with Gasteiger partial charge in [-0.05, 0) is 64.4 Å². The molecule has 0 fully saturated rings. The first-order valence-corrected chi connectivity index (χ1v) is 13.8. The molecule has 4 aromatic rings. The second-order valence-electron chi connectivity index (χ2n) is 8.60. The van der Waals surface area contributed by atoms with E-state index >= 15 is 0 Å². The van der Waals surface area contributed by atoms with Gasteiger partial charge in [0.05, 0.1) is 16.6 Å². The number of hydrogen-bond acceptors (Lipinski definition) is 7. The fraction of sp³-hybridized carbons (Fsp3) is 0.148. The molecule has 1 atom stereocenters. The standard InChI is InChI=1S/C27H24ClN5O4S/c1-38(36,37)23-11-7-20(8-12-23)16-26(34)24(15-19-5-3-2-4-6-19)30-27(35)14-9-21-17-22(28)10-13-25(21)33-18-29-31-32-33/h2-14,17-18,24H,15-16H2,1H3,(H,30,35)/b14-9+/t24-/m0/s1. The Kier molecular flexibility index (Phi) is 8.45. The number of aromatic nitrogens is 4. The highest BCUT2D eigenvalue weighted by Gasteiger charge is 2.21. The van der Waals surface area contributed by atoms with Crippen molar-refractivity contribution in [2.24, 2.45) is 0 Å². The maximum atomic E-state index is 13.3. The molecule has 4 rings (SSSR count). The van der Waals surface area contributed by atoms with E-state index in [2.05, 4.69) is 20.8 Å². The molecule has 0 aliphatic carbocycles. The summed E-state index contributed by atoms with van der Waals surface area (Å²) in [5.41, 5.74) is 2.77. The molecule has 1 N–H and O–H groups in total. The van der Waals surface area contributed by atoms with E-state index in [9.17, 15) is 18.0 Å². The van der Waals surface area contributed by atoms with Crippen LogP contribution in [0.15, 0.2) is 90.1 Å². The molecule has 0 spiro atoms. The lowest BCUT2D eigenvalue weighted by Gasteiger charge is -2.17. The van der Waals surface area contributed by atoms with Gasteiger partial charge in [0.15, 0.2) is 15.6 Å². The predicted molar refractivity (Wildman–Crippen MR) is 144 cm³/mol. The van der Waals surface area contributed by atoms with Gasteiger partial charge in [-0.15, -0.1) is 5.10 Å². The summed E-state index contributed by atoms with van der Waals surface area (Å²) in [4.78, 5) is 26.4. The molecule has 1 amide bonds. The molecule has 38 heavy (non-hydrogen) atoms. The first kappa shape index (κ1) is 26.9. The SMILES string of the molecule is CS(=O)(=O)c1ccc(CC(=O)[C@H](Cc2ccccc2)NC(=O)/C=C/c2cc(Cl)ccc2-n2cnnn2)cc1. The highest BCUT2D eigenvalue weighted by atomic mass is 35.5. The second-order valence-corrected chi connectivity index (χ2v) is 11.1. The van der Waals surface area contributed by atoms with E-state index in [1.807, 2.05) is 30.3 Å². The van der Waals surface area contributed by atoms with Crippen LogP contribution in [0.4, 0.5) is 0 Å². The number of hydrogen-bond donors (Lipinski definition) is 1. The Labute approximate surface area is 225 Å². The van der Waals surface area contributed by atoms with Crippen molar-refractivity contribution >= 4 is 39.2 Å². The minimum absolute atomic E-state index is 0.0310. The highest BCUT2D eigenvalue weighted by molar-refractivity contribution is 7.90. The molecule has 0 radical (unpaired) electrons. The van der Waals surface area contributed by atoms with Gasteiger partial charge in [0.25, 0.3) is 0 Å². The van der Waals surface area contributed by atoms with Crippen molar-refractivity contribution in [1.29, 1.82) is 0 Å². The van der Waals surface area contributed by atoms with E-state index in [0.29, 0.717) is 28.3 Å². The maximum Gasteiger partial charge on any atom is 0.244 e. The lowest BCUT2D eigenvalue weighted by Crippen LogP contribution is -2.42. The lowest BCUT2D eigenvalue weighted by atomic mass is 9.97. The molecule has 9 nitrogen and oxygen atoms in total. The summed E-state index contributed by atoms with van der Waals surface area (Å²) < 4.78 is 24.9. The van der Waals surface area contributed by atoms with Crippen molar-refractivity contribution in [2.75, 3.05) is 6.26 Å². The molecule has 0 saturated heterocycles. The zero-order chi connectivity index (χ0) is 27.1. The Balaban J connectivity index is 1.52. The van der Waals surface area contributed by atoms with E-state index in [1.165, 1.54) is 29.2 Å². The minimum Gasteiger partial charge on any atom is -0.342 e. The fourth-order valence-corrected chi connectivity index (χ4v) is 4.61. The third-order valence-electron chi connectivity index (χ3n) is 5.72. The predicted octanol–water partition coefficient (Wildman–Crippen LogP) is 3.27. The highest BCUT2D eigenvalue weighted by Crippen LogP contribution is 2.20. The van der Waals surface area contributed by atoms with Crippen molar-refractivity contribution in [2.45, 2.75) is 23.8 Å². The fourth-order valence-electron chi connectivity index (χ4n) is 3.80. The molecule has 0 aliphatic rings. The van der Waals surface area contributed by atoms with Crippen molar-refractivity contribution in [3.63, 3.8) is 0 Å². The van der Waals surface area contributed by atoms with Gasteiger partial charge in [0, 0.05) is 29.3 Å². The van der Waals surface area contributed by atoms with Crippen molar-refractivity contribution in [3.05, 3.63) is 107 Å². The summed E-state index contributed by atoms with van der Waals surface area (Å²) in [6, 6.07) is 19.8. The number of nitrogens with zero attached hydrogens (tertiary/aromatic N) is 4. The zero-order valence-electron chi connectivity index (χ0n) is 20.4. The summed E-state index contributed by atoms with van der Waals surface area (Å²) in [5, 5.41) is 14.4. The van der Waals surface area contributed by atoms with Crippen molar-refractivity contribution in [1.82, 2.24) is 25.5 Å². The molecular formula is C27H24ClN5O4S. The summed E-state index contributed by atoms with van der Waals surface area (Å²) >= 11 is 6.15. The summed E-state index contributed by atoms with van der Waals surface area (Å²) in [6.07, 6.45) is 5.79. The van der Waals surface area contributed by atoms with Crippen LogP contribution in [-0.2, 0) is 32.3 Å². The van der Waals surface area contributed by atoms with Crippen molar-refractivity contribution < 1.29 is 18.0 Å². The molecule has 1 heterocycles. The van der Waals surface area contributed by atoms with Crippen LogP contribution in [0.5, 0.6) is 0 Å². The van der Waals surface area contributed by atoms with Gasteiger partial charge in [-0.3, -0.25) is 9.59 Å². The molecule has 0 saturated carbocycles. The van der Waals surface area contributed by atoms with Crippen LogP contribution in [0, 0.1) is 0 Å². The van der Waals surface area contributed by atoms with Crippen LogP contribution in [0.3, 0.4) is 0 Å². The Hall–Kier alpha value is -4.15. The minimum atomic E-state index is -3.34. The molecular weight excluding hydrogens is 526 g/mol. The van der Waals surface area contributed by atoms with Gasteiger partial charge < -0.3 is 5.32 Å². The molecule has 0 aliphatic heterocycles. The monoisotopic (exact) mass is 549 g/mol. The smallest absolute Gasteiger partial charge is 0.244 e. The zero-order valence-corrected chi connectivity index (χ0v) is 21.9. The number of rotatable bonds is 10. The number of ketones is 1. The third kappa shape index (κ3) is 7.21. The maximum absolute atomic E-state index is 13.3. The quantitative estimate of drug-likeness (QED) is 0.301. The lowest BCUT2D eigenvalue weighted by molar-refractivity contribution is -0.125. The van der Waals surface area contributed by atoms with E-state index in [0.717, 1.165) is 11.8 Å². The van der Waals surface area contributed by atoms with Crippen LogP contribution in [0.2, 0.25) is 5.02 Å². The van der Waals surface area contributed by atoms with Gasteiger partial charge in [-0.1, -0.05) is 54.1 Å². The number of tetrazole rings is 1. The Bertz CT molecular complexity index is 1560. The van der Waals surface area contributed by atoms with Crippen LogP contribution in [0.25, 0.3) is 11.8 Å². The van der Waals surface area contributed by atoms with Gasteiger partial charge in [0.1, 0.15) is 6.33 Å². The van der Waals surface area contributed by atoms with Gasteiger partial charge in [-0.25, -0.2) is 8.42 Å². The van der Waals surface area contributed by atoms with Crippen LogP contribution < -0.4 is 5.32 Å². The molecule has 0 bridgehead atoms. The van der Waals surface area contributed by atoms with Gasteiger partial charge in [0.2, 0.25) is 5.91 Å². The Morgan fingerprint density at radius 3 is 2.42 bits per heavy atom. The van der Waals surface area contributed by atoms with Gasteiger partial charge in [-0.2, -0.15) is 4.68 Å². The van der Waals surface area contributed by atoms with E-state index in [1.54, 1.807) is 36.4 Å². The summed E-state index contributed by atoms with van der Waals surface area (Å²) in [5.74, 6) is -0.672. The number of amides is 1. The molecule has 3 aromatic carbocycles.